The highest BCUT2D eigenvalue weighted by Gasteiger charge is 2.18. The molecule has 66 heavy (non-hydrogen) atoms. The highest BCUT2D eigenvalue weighted by atomic mass is 35.5. The van der Waals surface area contributed by atoms with E-state index in [2.05, 4.69) is 41.9 Å². The molecular formula is C49H49Cl3N8O6. The Morgan fingerprint density at radius 2 is 0.924 bits per heavy atom. The summed E-state index contributed by atoms with van der Waals surface area (Å²) in [5, 5.41) is 19.7. The van der Waals surface area contributed by atoms with Gasteiger partial charge in [-0.25, -0.2) is 4.98 Å². The molecule has 0 spiro atoms. The summed E-state index contributed by atoms with van der Waals surface area (Å²) in [5.41, 5.74) is 6.92. The summed E-state index contributed by atoms with van der Waals surface area (Å²) >= 11 is 17.4. The van der Waals surface area contributed by atoms with Gasteiger partial charge in [0.1, 0.15) is 5.15 Å². The first-order valence-corrected chi connectivity index (χ1v) is 22.5. The summed E-state index contributed by atoms with van der Waals surface area (Å²) in [6.07, 6.45) is 4.64. The van der Waals surface area contributed by atoms with E-state index >= 15 is 0 Å². The lowest BCUT2D eigenvalue weighted by atomic mass is 10.1. The lowest BCUT2D eigenvalue weighted by Gasteiger charge is -2.24. The van der Waals surface area contributed by atoms with Crippen LogP contribution in [0.15, 0.2) is 134 Å². The molecule has 6 aromatic rings. The van der Waals surface area contributed by atoms with Crippen molar-refractivity contribution in [1.29, 1.82) is 0 Å². The predicted octanol–water partition coefficient (Wildman–Crippen LogP) is 8.55. The molecule has 3 amide bonds. The number of amides is 3. The molecule has 3 aliphatic rings. The number of morpholine rings is 3. The lowest BCUT2D eigenvalue weighted by Crippen LogP contribution is -2.33. The lowest BCUT2D eigenvalue weighted by molar-refractivity contribution is 0.0276. The molecule has 0 saturated carbocycles. The number of carbonyl (C=O) groups is 3. The minimum Gasteiger partial charge on any atom is -0.371 e. The van der Waals surface area contributed by atoms with Crippen molar-refractivity contribution in [2.24, 2.45) is 0 Å². The third-order valence-electron chi connectivity index (χ3n) is 10.4. The fourth-order valence-electron chi connectivity index (χ4n) is 6.97. The second-order valence-corrected chi connectivity index (χ2v) is 16.5. The van der Waals surface area contributed by atoms with Gasteiger partial charge in [0.2, 0.25) is 0 Å². The Morgan fingerprint density at radius 3 is 1.32 bits per heavy atom. The van der Waals surface area contributed by atoms with E-state index in [1.165, 1.54) is 18.6 Å². The van der Waals surface area contributed by atoms with Crippen LogP contribution in [0.2, 0.25) is 15.2 Å². The number of carbonyl (C=O) groups excluding carboxylic acids is 3. The summed E-state index contributed by atoms with van der Waals surface area (Å²) in [6, 6.07) is 34.7. The first-order chi connectivity index (χ1) is 32.2. The zero-order valence-corrected chi connectivity index (χ0v) is 38.0. The van der Waals surface area contributed by atoms with Crippen LogP contribution in [0, 0.1) is 0 Å². The first-order valence-electron chi connectivity index (χ1n) is 21.4. The van der Waals surface area contributed by atoms with Crippen molar-refractivity contribution < 1.29 is 28.6 Å². The number of anilines is 3. The number of ether oxygens (including phenoxy) is 3. The maximum Gasteiger partial charge on any atom is 0.257 e. The van der Waals surface area contributed by atoms with Crippen LogP contribution in [-0.2, 0) is 14.2 Å². The molecule has 3 atom stereocenters. The third-order valence-corrected chi connectivity index (χ3v) is 11.1. The average Bonchev–Trinajstić information content (AvgIpc) is 3.36. The number of nitrogens with one attached hydrogen (secondary N) is 6. The Bertz CT molecular complexity index is 2380. The third kappa shape index (κ3) is 14.6. The van der Waals surface area contributed by atoms with Gasteiger partial charge >= 0.3 is 0 Å². The highest BCUT2D eigenvalue weighted by molar-refractivity contribution is 6.31. The summed E-state index contributed by atoms with van der Waals surface area (Å²) in [6.45, 7) is 7.24. The first kappa shape index (κ1) is 48.2. The zero-order valence-electron chi connectivity index (χ0n) is 35.8. The summed E-state index contributed by atoms with van der Waals surface area (Å²) in [4.78, 5) is 44.1. The quantitative estimate of drug-likeness (QED) is 0.0766. The maximum absolute atomic E-state index is 12.1. The van der Waals surface area contributed by atoms with Crippen molar-refractivity contribution in [2.45, 2.75) is 18.3 Å². The number of benzene rings is 4. The van der Waals surface area contributed by atoms with E-state index in [1.54, 1.807) is 42.5 Å². The van der Waals surface area contributed by atoms with Crippen molar-refractivity contribution in [3.8, 4) is 0 Å². The molecule has 6 N–H and O–H groups in total. The van der Waals surface area contributed by atoms with Crippen LogP contribution in [0.4, 0.5) is 17.1 Å². The fourth-order valence-corrected chi connectivity index (χ4v) is 7.44. The van der Waals surface area contributed by atoms with Crippen LogP contribution in [0.5, 0.6) is 0 Å². The highest BCUT2D eigenvalue weighted by Crippen LogP contribution is 2.24. The minimum absolute atomic E-state index is 0.0654. The molecule has 17 heteroatoms. The molecule has 342 valence electrons. The van der Waals surface area contributed by atoms with Crippen molar-refractivity contribution in [3.05, 3.63) is 182 Å². The molecule has 3 saturated heterocycles. The van der Waals surface area contributed by atoms with Crippen LogP contribution >= 0.6 is 34.8 Å². The van der Waals surface area contributed by atoms with E-state index in [4.69, 9.17) is 49.0 Å². The molecule has 2 aromatic heterocycles. The van der Waals surface area contributed by atoms with Crippen molar-refractivity contribution in [3.63, 3.8) is 0 Å². The van der Waals surface area contributed by atoms with Crippen LogP contribution in [0.25, 0.3) is 0 Å². The van der Waals surface area contributed by atoms with Crippen LogP contribution < -0.4 is 31.9 Å². The van der Waals surface area contributed by atoms with E-state index in [1.807, 2.05) is 72.8 Å². The van der Waals surface area contributed by atoms with Gasteiger partial charge in [0, 0.05) is 85.5 Å². The Hall–Kier alpha value is -5.78. The molecular weight excluding hydrogens is 903 g/mol. The standard InChI is InChI=1S/C17H17ClN2O2.2C16H16ClN3O2/c18-14-3-1-2-13(10-14)17(21)20-15-6-4-12(5-7-15)16-11-19-8-9-22-16;17-15-6-3-12(9-19-15)16(21)20-13-4-1-11(2-5-13)14-10-18-7-8-22-14;17-13-7-12(8-19-9-13)16(21)20-14-3-1-11(2-4-14)15-10-18-5-6-22-15/h1-7,10,16,19H,8-9,11H2,(H,20,21);1-6,9,14,18H,7-8,10H2,(H,20,21);1-4,7-9,15,18H,5-6,10H2,(H,20,21)/t;14-;/m.1./s1. The minimum atomic E-state index is -0.238. The van der Waals surface area contributed by atoms with Crippen molar-refractivity contribution in [1.82, 2.24) is 25.9 Å². The Kier molecular flexibility index (Phi) is 18.0. The van der Waals surface area contributed by atoms with Crippen LogP contribution in [0.1, 0.15) is 66.1 Å². The Balaban J connectivity index is 0.000000147. The molecule has 0 bridgehead atoms. The smallest absolute Gasteiger partial charge is 0.257 e. The maximum atomic E-state index is 12.1. The van der Waals surface area contributed by atoms with Gasteiger partial charge in [0.05, 0.1) is 54.3 Å². The largest absolute Gasteiger partial charge is 0.371 e. The number of hydrogen-bond acceptors (Lipinski definition) is 11. The number of hydrogen-bond donors (Lipinski definition) is 6. The van der Waals surface area contributed by atoms with Gasteiger partial charge in [-0.3, -0.25) is 19.4 Å². The van der Waals surface area contributed by atoms with Crippen molar-refractivity contribution in [2.75, 3.05) is 75.0 Å². The molecule has 14 nitrogen and oxygen atoms in total. The molecule has 5 heterocycles. The molecule has 0 aliphatic carbocycles. The van der Waals surface area contributed by atoms with Gasteiger partial charge in [-0.15, -0.1) is 0 Å². The topological polar surface area (TPSA) is 177 Å². The van der Waals surface area contributed by atoms with Gasteiger partial charge in [-0.05, 0) is 89.5 Å². The van der Waals surface area contributed by atoms with Crippen LogP contribution in [-0.4, -0.2) is 86.8 Å². The summed E-state index contributed by atoms with van der Waals surface area (Å²) in [5.74, 6) is -0.628. The van der Waals surface area contributed by atoms with Crippen LogP contribution in [0.3, 0.4) is 0 Å². The van der Waals surface area contributed by atoms with E-state index in [0.29, 0.717) is 45.1 Å². The second-order valence-electron chi connectivity index (χ2n) is 15.2. The normalized spacial score (nSPS) is 18.0. The van der Waals surface area contributed by atoms with Gasteiger partial charge in [-0.1, -0.05) is 77.3 Å². The van der Waals surface area contributed by atoms with Gasteiger partial charge in [-0.2, -0.15) is 0 Å². The molecule has 0 radical (unpaired) electrons. The van der Waals surface area contributed by atoms with E-state index < -0.39 is 0 Å². The number of aromatic nitrogens is 2. The number of nitrogens with zero attached hydrogens (tertiary/aromatic N) is 2. The number of halogens is 3. The SMILES string of the molecule is O=C(Nc1ccc(C2CNCCO2)cc1)c1cccc(Cl)c1.O=C(Nc1ccc(C2CNCCO2)cc1)c1cncc(Cl)c1.O=C(Nc1ccc([C@H]2CNCCO2)cc1)c1ccc(Cl)nc1. The van der Waals surface area contributed by atoms with E-state index in [0.717, 1.165) is 79.6 Å². The molecule has 3 aliphatic heterocycles. The molecule has 2 unspecified atom stereocenters. The summed E-state index contributed by atoms with van der Waals surface area (Å²) < 4.78 is 17.1. The predicted molar refractivity (Wildman–Crippen MR) is 258 cm³/mol. The molecule has 9 rings (SSSR count). The van der Waals surface area contributed by atoms with Gasteiger partial charge < -0.3 is 46.1 Å². The van der Waals surface area contributed by atoms with E-state index in [9.17, 15) is 14.4 Å². The number of pyridine rings is 2. The Morgan fingerprint density at radius 1 is 0.485 bits per heavy atom. The van der Waals surface area contributed by atoms with Gasteiger partial charge in [0.15, 0.2) is 0 Å². The molecule has 3 fully saturated rings. The second kappa shape index (κ2) is 24.7. The van der Waals surface area contributed by atoms with E-state index in [-0.39, 0.29) is 36.0 Å². The monoisotopic (exact) mass is 950 g/mol. The fraction of sp³-hybridized carbons (Fsp3) is 0.245. The van der Waals surface area contributed by atoms with Crippen molar-refractivity contribution >= 4 is 69.6 Å². The Labute approximate surface area is 398 Å². The summed E-state index contributed by atoms with van der Waals surface area (Å²) in [7, 11) is 0. The average molecular weight is 952 g/mol. The molecule has 4 aromatic carbocycles. The van der Waals surface area contributed by atoms with Gasteiger partial charge in [0.25, 0.3) is 17.7 Å². The number of rotatable bonds is 9. The zero-order chi connectivity index (χ0) is 46.1.